The maximum Gasteiger partial charge on any atom is 0.0305 e. The smallest absolute Gasteiger partial charge is 0.0305 e. The van der Waals surface area contributed by atoms with Crippen molar-refractivity contribution in [2.75, 3.05) is 0 Å². The van der Waals surface area contributed by atoms with Crippen molar-refractivity contribution in [3.63, 3.8) is 0 Å². The average Bonchev–Trinajstić information content (AvgIpc) is 2.34. The van der Waals surface area contributed by atoms with Crippen molar-refractivity contribution in [2.45, 2.75) is 11.5 Å². The van der Waals surface area contributed by atoms with Gasteiger partial charge >= 0.3 is 0 Å². The normalized spacial score (nSPS) is 10.0. The van der Waals surface area contributed by atoms with E-state index in [1.54, 1.807) is 0 Å². The summed E-state index contributed by atoms with van der Waals surface area (Å²) < 4.78 is 0. The molecule has 9 heavy (non-hydrogen) atoms. The van der Waals surface area contributed by atoms with E-state index in [9.17, 15) is 0 Å². The molecular formula is C6H9NS2. The molecule has 0 fully saturated rings. The van der Waals surface area contributed by atoms with Crippen LogP contribution in [0.4, 0.5) is 0 Å². The van der Waals surface area contributed by atoms with Crippen LogP contribution in [0.1, 0.15) is 11.4 Å². The molecule has 1 aromatic heterocycles. The second-order valence-corrected chi connectivity index (χ2v) is 2.46. The summed E-state index contributed by atoms with van der Waals surface area (Å²) >= 11 is 8.21. The van der Waals surface area contributed by atoms with Crippen LogP contribution >= 0.6 is 25.3 Å². The lowest BCUT2D eigenvalue weighted by Crippen LogP contribution is -1.78. The number of H-pyrrole nitrogens is 1. The molecular weight excluding hydrogens is 150 g/mol. The van der Waals surface area contributed by atoms with Crippen LogP contribution in [0.25, 0.3) is 0 Å². The molecule has 0 aliphatic carbocycles. The monoisotopic (exact) mass is 159 g/mol. The SMILES string of the molecule is SCc1ccc(CS)[nH]1. The van der Waals surface area contributed by atoms with E-state index in [4.69, 9.17) is 0 Å². The molecule has 0 saturated carbocycles. The van der Waals surface area contributed by atoms with Crippen molar-refractivity contribution in [1.29, 1.82) is 0 Å². The number of thiol groups is 2. The summed E-state index contributed by atoms with van der Waals surface area (Å²) in [5, 5.41) is 0. The molecule has 1 N–H and O–H groups in total. The first-order valence-corrected chi connectivity index (χ1v) is 4.02. The molecule has 1 heterocycles. The van der Waals surface area contributed by atoms with Crippen LogP contribution in [0.15, 0.2) is 12.1 Å². The minimum absolute atomic E-state index is 0.772. The Morgan fingerprint density at radius 3 is 1.78 bits per heavy atom. The van der Waals surface area contributed by atoms with Crippen molar-refractivity contribution in [1.82, 2.24) is 4.98 Å². The van der Waals surface area contributed by atoms with Gasteiger partial charge in [0.05, 0.1) is 0 Å². The maximum absolute atomic E-state index is 4.11. The third kappa shape index (κ3) is 1.69. The third-order valence-electron chi connectivity index (χ3n) is 1.15. The largest absolute Gasteiger partial charge is 0.361 e. The average molecular weight is 159 g/mol. The fourth-order valence-corrected chi connectivity index (χ4v) is 1.04. The number of hydrogen-bond donors (Lipinski definition) is 3. The van der Waals surface area contributed by atoms with Crippen LogP contribution in [0.3, 0.4) is 0 Å². The molecule has 0 unspecified atom stereocenters. The van der Waals surface area contributed by atoms with Gasteiger partial charge in [0.25, 0.3) is 0 Å². The van der Waals surface area contributed by atoms with E-state index in [2.05, 4.69) is 30.2 Å². The third-order valence-corrected chi connectivity index (χ3v) is 1.83. The zero-order valence-electron chi connectivity index (χ0n) is 4.96. The summed E-state index contributed by atoms with van der Waals surface area (Å²) in [5.74, 6) is 1.54. The molecule has 1 nitrogen and oxygen atoms in total. The van der Waals surface area contributed by atoms with Crippen LogP contribution in [0.5, 0.6) is 0 Å². The number of nitrogens with one attached hydrogen (secondary N) is 1. The van der Waals surface area contributed by atoms with E-state index < -0.39 is 0 Å². The second kappa shape index (κ2) is 3.22. The minimum Gasteiger partial charge on any atom is -0.361 e. The van der Waals surface area contributed by atoms with Gasteiger partial charge in [-0.25, -0.2) is 0 Å². The molecule has 0 aromatic carbocycles. The highest BCUT2D eigenvalue weighted by atomic mass is 32.1. The van der Waals surface area contributed by atoms with E-state index in [-0.39, 0.29) is 0 Å². The van der Waals surface area contributed by atoms with E-state index >= 15 is 0 Å². The molecule has 0 bridgehead atoms. The molecule has 0 aliphatic heterocycles. The molecule has 0 saturated heterocycles. The first kappa shape index (κ1) is 7.09. The standard InChI is InChI=1S/C6H9NS2/c8-3-5-1-2-6(4-9)7-5/h1-2,7-9H,3-4H2. The predicted molar refractivity (Wildman–Crippen MR) is 46.2 cm³/mol. The summed E-state index contributed by atoms with van der Waals surface area (Å²) in [7, 11) is 0. The molecule has 50 valence electrons. The van der Waals surface area contributed by atoms with Crippen molar-refractivity contribution >= 4 is 25.3 Å². The lowest BCUT2D eigenvalue weighted by atomic mass is 10.5. The summed E-state index contributed by atoms with van der Waals surface area (Å²) in [4.78, 5) is 3.16. The van der Waals surface area contributed by atoms with Gasteiger partial charge in [-0.2, -0.15) is 25.3 Å². The quantitative estimate of drug-likeness (QED) is 0.546. The Labute approximate surface area is 65.7 Å². The molecule has 3 heteroatoms. The van der Waals surface area contributed by atoms with Gasteiger partial charge in [-0.1, -0.05) is 0 Å². The molecule has 0 aliphatic rings. The zero-order valence-corrected chi connectivity index (χ0v) is 6.75. The van der Waals surface area contributed by atoms with Gasteiger partial charge < -0.3 is 4.98 Å². The van der Waals surface area contributed by atoms with Crippen LogP contribution in [-0.4, -0.2) is 4.98 Å². The molecule has 1 aromatic rings. The van der Waals surface area contributed by atoms with Gasteiger partial charge in [-0.15, -0.1) is 0 Å². The highest BCUT2D eigenvalue weighted by Crippen LogP contribution is 2.05. The van der Waals surface area contributed by atoms with Crippen LogP contribution in [0.2, 0.25) is 0 Å². The van der Waals surface area contributed by atoms with E-state index in [1.807, 2.05) is 12.1 Å². The Balaban J connectivity index is 2.74. The lowest BCUT2D eigenvalue weighted by molar-refractivity contribution is 1.16. The van der Waals surface area contributed by atoms with E-state index in [0.29, 0.717) is 0 Å². The van der Waals surface area contributed by atoms with Crippen LogP contribution < -0.4 is 0 Å². The van der Waals surface area contributed by atoms with Gasteiger partial charge in [-0.05, 0) is 12.1 Å². The van der Waals surface area contributed by atoms with Gasteiger partial charge in [-0.3, -0.25) is 0 Å². The molecule has 0 spiro atoms. The summed E-state index contributed by atoms with van der Waals surface area (Å²) in [5.41, 5.74) is 2.31. The van der Waals surface area contributed by atoms with Gasteiger partial charge in [0.2, 0.25) is 0 Å². The summed E-state index contributed by atoms with van der Waals surface area (Å²) in [6, 6.07) is 4.05. The number of aromatic amines is 1. The fourth-order valence-electron chi connectivity index (χ4n) is 0.675. The van der Waals surface area contributed by atoms with Crippen molar-refractivity contribution in [3.05, 3.63) is 23.5 Å². The van der Waals surface area contributed by atoms with Crippen LogP contribution in [-0.2, 0) is 11.5 Å². The maximum atomic E-state index is 4.11. The molecule has 1 rings (SSSR count). The molecule has 0 radical (unpaired) electrons. The van der Waals surface area contributed by atoms with Gasteiger partial charge in [0, 0.05) is 22.9 Å². The van der Waals surface area contributed by atoms with Crippen molar-refractivity contribution in [2.24, 2.45) is 0 Å². The van der Waals surface area contributed by atoms with E-state index in [0.717, 1.165) is 22.9 Å². The number of aromatic nitrogens is 1. The van der Waals surface area contributed by atoms with Crippen molar-refractivity contribution < 1.29 is 0 Å². The first-order valence-electron chi connectivity index (χ1n) is 2.75. The van der Waals surface area contributed by atoms with Crippen LogP contribution in [0, 0.1) is 0 Å². The number of rotatable bonds is 2. The first-order chi connectivity index (χ1) is 4.36. The molecule has 0 amide bonds. The fraction of sp³-hybridized carbons (Fsp3) is 0.333. The summed E-state index contributed by atoms with van der Waals surface area (Å²) in [6.45, 7) is 0. The zero-order chi connectivity index (χ0) is 6.69. The second-order valence-electron chi connectivity index (χ2n) is 1.83. The highest BCUT2D eigenvalue weighted by molar-refractivity contribution is 7.79. The lowest BCUT2D eigenvalue weighted by Gasteiger charge is -1.87. The minimum atomic E-state index is 0.772. The Bertz CT molecular complexity index is 164. The topological polar surface area (TPSA) is 15.8 Å². The highest BCUT2D eigenvalue weighted by Gasteiger charge is 1.92. The van der Waals surface area contributed by atoms with Gasteiger partial charge in [0.1, 0.15) is 0 Å². The summed E-state index contributed by atoms with van der Waals surface area (Å²) in [6.07, 6.45) is 0. The van der Waals surface area contributed by atoms with E-state index in [1.165, 1.54) is 0 Å². The Morgan fingerprint density at radius 2 is 1.56 bits per heavy atom. The molecule has 0 atom stereocenters. The Hall–Kier alpha value is -0.0200. The predicted octanol–water partition coefficient (Wildman–Crippen LogP) is 1.87. The Morgan fingerprint density at radius 1 is 1.11 bits per heavy atom. The number of hydrogen-bond acceptors (Lipinski definition) is 2. The van der Waals surface area contributed by atoms with Gasteiger partial charge in [0.15, 0.2) is 0 Å². The Kier molecular flexibility index (Phi) is 2.54. The van der Waals surface area contributed by atoms with Crippen molar-refractivity contribution in [3.8, 4) is 0 Å².